The molecular formula is C14H12F4N2. The lowest BCUT2D eigenvalue weighted by Gasteiger charge is -2.19. The maximum atomic E-state index is 13.8. The van der Waals surface area contributed by atoms with E-state index in [-0.39, 0.29) is 0 Å². The van der Waals surface area contributed by atoms with E-state index >= 15 is 0 Å². The second kappa shape index (κ2) is 5.60. The van der Waals surface area contributed by atoms with Crippen molar-refractivity contribution in [2.24, 2.45) is 5.84 Å². The molecule has 0 heterocycles. The van der Waals surface area contributed by atoms with Gasteiger partial charge in [-0.3, -0.25) is 5.84 Å². The van der Waals surface area contributed by atoms with E-state index in [9.17, 15) is 17.6 Å². The van der Waals surface area contributed by atoms with Gasteiger partial charge in [0, 0.05) is 17.7 Å². The molecule has 0 fully saturated rings. The zero-order valence-electron chi connectivity index (χ0n) is 10.6. The number of nitrogens with one attached hydrogen (secondary N) is 1. The lowest BCUT2D eigenvalue weighted by atomic mass is 9.96. The second-order valence-electron chi connectivity index (χ2n) is 4.39. The molecule has 3 N–H and O–H groups in total. The van der Waals surface area contributed by atoms with Gasteiger partial charge in [-0.2, -0.15) is 0 Å². The van der Waals surface area contributed by atoms with Crippen LogP contribution in [0.5, 0.6) is 0 Å². The summed E-state index contributed by atoms with van der Waals surface area (Å²) in [5, 5.41) is 0. The lowest BCUT2D eigenvalue weighted by Crippen LogP contribution is -2.30. The molecule has 0 bridgehead atoms. The Kier molecular flexibility index (Phi) is 4.06. The third kappa shape index (κ3) is 2.66. The van der Waals surface area contributed by atoms with Crippen molar-refractivity contribution in [2.45, 2.75) is 13.0 Å². The number of hydrogen-bond donors (Lipinski definition) is 2. The average Bonchev–Trinajstić information content (AvgIpc) is 2.37. The first-order chi connectivity index (χ1) is 9.43. The van der Waals surface area contributed by atoms with Crippen LogP contribution in [0, 0.1) is 30.2 Å². The lowest BCUT2D eigenvalue weighted by molar-refractivity contribution is 0.491. The minimum atomic E-state index is -1.06. The van der Waals surface area contributed by atoms with E-state index in [4.69, 9.17) is 5.84 Å². The summed E-state index contributed by atoms with van der Waals surface area (Å²) in [6.45, 7) is 1.52. The first kappa shape index (κ1) is 14.5. The number of rotatable bonds is 3. The highest BCUT2D eigenvalue weighted by Crippen LogP contribution is 2.28. The van der Waals surface area contributed by atoms with E-state index in [1.807, 2.05) is 0 Å². The molecule has 0 aliphatic heterocycles. The Hall–Kier alpha value is -1.92. The third-order valence-corrected chi connectivity index (χ3v) is 3.01. The van der Waals surface area contributed by atoms with Gasteiger partial charge >= 0.3 is 0 Å². The number of hydrazine groups is 1. The van der Waals surface area contributed by atoms with Crippen LogP contribution in [0.25, 0.3) is 0 Å². The van der Waals surface area contributed by atoms with Crippen LogP contribution in [-0.4, -0.2) is 0 Å². The molecule has 106 valence electrons. The maximum Gasteiger partial charge on any atom is 0.134 e. The molecule has 0 aromatic heterocycles. The van der Waals surface area contributed by atoms with Gasteiger partial charge in [0.05, 0.1) is 6.04 Å². The second-order valence-corrected chi connectivity index (χ2v) is 4.39. The SMILES string of the molecule is Cc1cc(C(NN)c2c(F)cc(F)cc2F)ccc1F. The van der Waals surface area contributed by atoms with Crippen LogP contribution >= 0.6 is 0 Å². The largest absolute Gasteiger partial charge is 0.271 e. The Bertz CT molecular complexity index is 620. The van der Waals surface area contributed by atoms with Crippen LogP contribution in [-0.2, 0) is 0 Å². The topological polar surface area (TPSA) is 38.0 Å². The summed E-state index contributed by atoms with van der Waals surface area (Å²) in [6, 6.07) is 4.04. The van der Waals surface area contributed by atoms with Crippen LogP contribution in [0.1, 0.15) is 22.7 Å². The van der Waals surface area contributed by atoms with Crippen molar-refractivity contribution in [3.05, 3.63) is 70.3 Å². The van der Waals surface area contributed by atoms with Gasteiger partial charge in [0.2, 0.25) is 0 Å². The molecule has 1 atom stereocenters. The fourth-order valence-corrected chi connectivity index (χ4v) is 2.02. The van der Waals surface area contributed by atoms with Crippen molar-refractivity contribution in [2.75, 3.05) is 0 Å². The molecule has 0 saturated carbocycles. The van der Waals surface area contributed by atoms with Crippen molar-refractivity contribution in [1.82, 2.24) is 5.43 Å². The van der Waals surface area contributed by atoms with E-state index in [0.29, 0.717) is 23.3 Å². The molecule has 6 heteroatoms. The van der Waals surface area contributed by atoms with Crippen molar-refractivity contribution < 1.29 is 17.6 Å². The van der Waals surface area contributed by atoms with Crippen LogP contribution < -0.4 is 11.3 Å². The average molecular weight is 284 g/mol. The van der Waals surface area contributed by atoms with Gasteiger partial charge in [0.15, 0.2) is 0 Å². The Morgan fingerprint density at radius 2 is 1.55 bits per heavy atom. The van der Waals surface area contributed by atoms with E-state index in [2.05, 4.69) is 5.43 Å². The molecule has 2 nitrogen and oxygen atoms in total. The van der Waals surface area contributed by atoms with Gasteiger partial charge in [-0.25, -0.2) is 23.0 Å². The van der Waals surface area contributed by atoms with Crippen molar-refractivity contribution >= 4 is 0 Å². The first-order valence-electron chi connectivity index (χ1n) is 5.80. The van der Waals surface area contributed by atoms with Crippen LogP contribution in [0.15, 0.2) is 30.3 Å². The minimum Gasteiger partial charge on any atom is -0.271 e. The summed E-state index contributed by atoms with van der Waals surface area (Å²) in [5.74, 6) is 1.75. The smallest absolute Gasteiger partial charge is 0.134 e. The van der Waals surface area contributed by atoms with Crippen LogP contribution in [0.3, 0.4) is 0 Å². The molecule has 1 unspecified atom stereocenters. The highest BCUT2D eigenvalue weighted by atomic mass is 19.1. The minimum absolute atomic E-state index is 0.311. The third-order valence-electron chi connectivity index (χ3n) is 3.01. The van der Waals surface area contributed by atoms with Crippen LogP contribution in [0.4, 0.5) is 17.6 Å². The standard InChI is InChI=1S/C14H12F4N2/c1-7-4-8(2-3-10(7)16)14(20-19)13-11(17)5-9(15)6-12(13)18/h2-6,14,20H,19H2,1H3. The number of aryl methyl sites for hydroxylation is 1. The summed E-state index contributed by atoms with van der Waals surface area (Å²) >= 11 is 0. The summed E-state index contributed by atoms with van der Waals surface area (Å²) in [6.07, 6.45) is 0. The van der Waals surface area contributed by atoms with E-state index in [0.717, 1.165) is 0 Å². The molecule has 2 rings (SSSR count). The Labute approximate surface area is 113 Å². The summed E-state index contributed by atoms with van der Waals surface area (Å²) in [4.78, 5) is 0. The molecule has 20 heavy (non-hydrogen) atoms. The van der Waals surface area contributed by atoms with Gasteiger partial charge in [-0.1, -0.05) is 12.1 Å². The number of benzene rings is 2. The predicted octanol–water partition coefficient (Wildman–Crippen LogP) is 3.10. The fourth-order valence-electron chi connectivity index (χ4n) is 2.02. The molecule has 0 saturated heterocycles. The highest BCUT2D eigenvalue weighted by Gasteiger charge is 2.22. The van der Waals surface area contributed by atoms with Crippen molar-refractivity contribution in [3.8, 4) is 0 Å². The maximum absolute atomic E-state index is 13.8. The molecule has 0 spiro atoms. The quantitative estimate of drug-likeness (QED) is 0.516. The summed E-state index contributed by atoms with van der Waals surface area (Å²) < 4.78 is 53.7. The van der Waals surface area contributed by atoms with Gasteiger partial charge in [-0.05, 0) is 24.1 Å². The summed E-state index contributed by atoms with van der Waals surface area (Å²) in [5.41, 5.74) is 2.52. The first-order valence-corrected chi connectivity index (χ1v) is 5.80. The molecule has 0 aliphatic rings. The molecule has 2 aromatic rings. The van der Waals surface area contributed by atoms with Gasteiger partial charge in [0.25, 0.3) is 0 Å². The van der Waals surface area contributed by atoms with E-state index in [1.54, 1.807) is 0 Å². The van der Waals surface area contributed by atoms with Crippen molar-refractivity contribution in [1.29, 1.82) is 0 Å². The van der Waals surface area contributed by atoms with Gasteiger partial charge < -0.3 is 0 Å². The predicted molar refractivity (Wildman–Crippen MR) is 66.6 cm³/mol. The van der Waals surface area contributed by atoms with E-state index < -0.39 is 34.9 Å². The monoisotopic (exact) mass is 284 g/mol. The van der Waals surface area contributed by atoms with E-state index in [1.165, 1.54) is 25.1 Å². The summed E-state index contributed by atoms with van der Waals surface area (Å²) in [7, 11) is 0. The highest BCUT2D eigenvalue weighted by molar-refractivity contribution is 5.36. The zero-order chi connectivity index (χ0) is 14.9. The molecule has 0 aliphatic carbocycles. The number of nitrogens with two attached hydrogens (primary N) is 1. The molecular weight excluding hydrogens is 272 g/mol. The van der Waals surface area contributed by atoms with Gasteiger partial charge in [-0.15, -0.1) is 0 Å². The fraction of sp³-hybridized carbons (Fsp3) is 0.143. The normalized spacial score (nSPS) is 12.5. The molecule has 0 radical (unpaired) electrons. The van der Waals surface area contributed by atoms with Crippen molar-refractivity contribution in [3.63, 3.8) is 0 Å². The Morgan fingerprint density at radius 3 is 2.05 bits per heavy atom. The zero-order valence-corrected chi connectivity index (χ0v) is 10.6. The van der Waals surface area contributed by atoms with Gasteiger partial charge in [0.1, 0.15) is 23.3 Å². The molecule has 0 amide bonds. The Morgan fingerprint density at radius 1 is 0.950 bits per heavy atom. The Balaban J connectivity index is 2.55. The number of halogens is 4. The van der Waals surface area contributed by atoms with Crippen LogP contribution in [0.2, 0.25) is 0 Å². The number of hydrogen-bond acceptors (Lipinski definition) is 2. The molecule has 2 aromatic carbocycles.